The molecule has 2 fully saturated rings. The number of halogens is 2. The first kappa shape index (κ1) is 22.3. The first-order chi connectivity index (χ1) is 15.5. The van der Waals surface area contributed by atoms with E-state index in [-0.39, 0.29) is 0 Å². The maximum Gasteiger partial charge on any atom is 0.194 e. The first-order valence-electron chi connectivity index (χ1n) is 11.1. The molecule has 2 aliphatic heterocycles. The van der Waals surface area contributed by atoms with Gasteiger partial charge in [0, 0.05) is 78.2 Å². The Morgan fingerprint density at radius 2 is 1.69 bits per heavy atom. The third kappa shape index (κ3) is 5.27. The van der Waals surface area contributed by atoms with Crippen molar-refractivity contribution in [1.29, 1.82) is 0 Å². The minimum absolute atomic E-state index is 0.319. The molecule has 1 aromatic heterocycles. The molecular formula is C23H31F2N7. The number of aliphatic imine (C=N–C) groups is 1. The van der Waals surface area contributed by atoms with E-state index in [4.69, 9.17) is 0 Å². The number of aromatic nitrogens is 1. The summed E-state index contributed by atoms with van der Waals surface area (Å²) in [5.74, 6) is 1.00. The van der Waals surface area contributed by atoms with Gasteiger partial charge in [-0.05, 0) is 30.8 Å². The van der Waals surface area contributed by atoms with Crippen LogP contribution in [0.2, 0.25) is 0 Å². The summed E-state index contributed by atoms with van der Waals surface area (Å²) >= 11 is 0. The van der Waals surface area contributed by atoms with Gasteiger partial charge in [-0.1, -0.05) is 6.07 Å². The lowest BCUT2D eigenvalue weighted by Crippen LogP contribution is -2.52. The van der Waals surface area contributed by atoms with Gasteiger partial charge in [-0.2, -0.15) is 0 Å². The Bertz CT molecular complexity index is 918. The number of benzene rings is 1. The van der Waals surface area contributed by atoms with Gasteiger partial charge in [0.15, 0.2) is 5.96 Å². The van der Waals surface area contributed by atoms with Gasteiger partial charge in [0.05, 0.1) is 5.69 Å². The van der Waals surface area contributed by atoms with Gasteiger partial charge in [-0.15, -0.1) is 0 Å². The molecule has 1 aromatic carbocycles. The number of guanidine groups is 1. The monoisotopic (exact) mass is 443 g/mol. The maximum absolute atomic E-state index is 14.1. The fraction of sp³-hybridized carbons (Fsp3) is 0.478. The lowest BCUT2D eigenvalue weighted by atomic mass is 10.2. The average Bonchev–Trinajstić information content (AvgIpc) is 2.82. The average molecular weight is 444 g/mol. The minimum atomic E-state index is -0.423. The summed E-state index contributed by atoms with van der Waals surface area (Å²) in [5, 5.41) is 3.40. The van der Waals surface area contributed by atoms with Crippen LogP contribution in [0.1, 0.15) is 5.56 Å². The molecule has 32 heavy (non-hydrogen) atoms. The van der Waals surface area contributed by atoms with Gasteiger partial charge in [-0.3, -0.25) is 4.99 Å². The Hall–Kier alpha value is -2.94. The molecule has 0 spiro atoms. The van der Waals surface area contributed by atoms with Crippen LogP contribution < -0.4 is 15.1 Å². The highest BCUT2D eigenvalue weighted by Gasteiger charge is 2.22. The van der Waals surface area contributed by atoms with E-state index in [2.05, 4.69) is 49.2 Å². The van der Waals surface area contributed by atoms with Crippen molar-refractivity contribution in [2.75, 3.05) is 76.3 Å². The molecule has 2 aromatic rings. The molecule has 0 saturated carbocycles. The zero-order valence-electron chi connectivity index (χ0n) is 18.8. The molecular weight excluding hydrogens is 412 g/mol. The van der Waals surface area contributed by atoms with Crippen molar-refractivity contribution in [2.45, 2.75) is 6.54 Å². The predicted molar refractivity (Wildman–Crippen MR) is 124 cm³/mol. The van der Waals surface area contributed by atoms with Gasteiger partial charge in [0.1, 0.15) is 17.5 Å². The zero-order valence-corrected chi connectivity index (χ0v) is 18.8. The van der Waals surface area contributed by atoms with Crippen LogP contribution in [-0.4, -0.2) is 87.2 Å². The molecule has 4 rings (SSSR count). The SMILES string of the molecule is CN=C(NCc1ccc(N2CCN(C)CC2)nc1)N1CCN(c2cc(F)ccc2F)CC1. The van der Waals surface area contributed by atoms with Crippen LogP contribution in [0.3, 0.4) is 0 Å². The van der Waals surface area contributed by atoms with Crippen LogP contribution in [0.4, 0.5) is 20.3 Å². The Balaban J connectivity index is 1.28. The smallest absolute Gasteiger partial charge is 0.194 e. The van der Waals surface area contributed by atoms with E-state index in [0.717, 1.165) is 49.6 Å². The van der Waals surface area contributed by atoms with Crippen molar-refractivity contribution in [3.63, 3.8) is 0 Å². The highest BCUT2D eigenvalue weighted by molar-refractivity contribution is 5.80. The van der Waals surface area contributed by atoms with Gasteiger partial charge < -0.3 is 24.9 Å². The number of rotatable bonds is 4. The molecule has 0 atom stereocenters. The van der Waals surface area contributed by atoms with Gasteiger partial charge >= 0.3 is 0 Å². The molecule has 2 aliphatic rings. The second kappa shape index (κ2) is 10.1. The molecule has 0 amide bonds. The van der Waals surface area contributed by atoms with Gasteiger partial charge in [0.2, 0.25) is 0 Å². The number of piperazine rings is 2. The summed E-state index contributed by atoms with van der Waals surface area (Å²) in [6, 6.07) is 7.77. The lowest BCUT2D eigenvalue weighted by molar-refractivity contribution is 0.312. The van der Waals surface area contributed by atoms with Crippen LogP contribution in [0, 0.1) is 11.6 Å². The second-order valence-electron chi connectivity index (χ2n) is 8.29. The summed E-state index contributed by atoms with van der Waals surface area (Å²) in [6.45, 7) is 7.29. The lowest BCUT2D eigenvalue weighted by Gasteiger charge is -2.37. The summed E-state index contributed by atoms with van der Waals surface area (Å²) in [6.07, 6.45) is 1.92. The summed E-state index contributed by atoms with van der Waals surface area (Å²) in [7, 11) is 3.90. The van der Waals surface area contributed by atoms with Crippen molar-refractivity contribution < 1.29 is 8.78 Å². The molecule has 0 unspecified atom stereocenters. The molecule has 0 bridgehead atoms. The molecule has 172 valence electrons. The van der Waals surface area contributed by atoms with E-state index in [1.165, 1.54) is 12.1 Å². The maximum atomic E-state index is 14.1. The largest absolute Gasteiger partial charge is 0.366 e. The molecule has 7 nitrogen and oxygen atoms in total. The van der Waals surface area contributed by atoms with E-state index in [1.807, 2.05) is 11.1 Å². The highest BCUT2D eigenvalue weighted by atomic mass is 19.1. The Morgan fingerprint density at radius 1 is 0.969 bits per heavy atom. The normalized spacial score (nSPS) is 18.2. The fourth-order valence-electron chi connectivity index (χ4n) is 4.14. The molecule has 9 heteroatoms. The first-order valence-corrected chi connectivity index (χ1v) is 11.1. The van der Waals surface area contributed by atoms with E-state index in [1.54, 1.807) is 7.05 Å². The topological polar surface area (TPSA) is 50.2 Å². The number of nitrogens with one attached hydrogen (secondary N) is 1. The Labute approximate surface area is 188 Å². The van der Waals surface area contributed by atoms with E-state index < -0.39 is 11.6 Å². The number of hydrogen-bond donors (Lipinski definition) is 1. The number of nitrogens with zero attached hydrogens (tertiary/aromatic N) is 6. The van der Waals surface area contributed by atoms with Crippen LogP contribution in [-0.2, 0) is 6.54 Å². The minimum Gasteiger partial charge on any atom is -0.366 e. The zero-order chi connectivity index (χ0) is 22.5. The highest BCUT2D eigenvalue weighted by Crippen LogP contribution is 2.22. The predicted octanol–water partition coefficient (Wildman–Crippen LogP) is 2.01. The van der Waals surface area contributed by atoms with Crippen LogP contribution >= 0.6 is 0 Å². The van der Waals surface area contributed by atoms with Crippen molar-refractivity contribution in [3.05, 3.63) is 53.7 Å². The summed E-state index contributed by atoms with van der Waals surface area (Å²) in [5.41, 5.74) is 1.41. The van der Waals surface area contributed by atoms with Crippen molar-refractivity contribution in [1.82, 2.24) is 20.1 Å². The van der Waals surface area contributed by atoms with E-state index >= 15 is 0 Å². The fourth-order valence-corrected chi connectivity index (χ4v) is 4.14. The standard InChI is InChI=1S/C23H31F2N7/c1-26-23(32-13-11-30(12-14-32)21-15-19(24)4-5-20(21)25)28-17-18-3-6-22(27-16-18)31-9-7-29(2)8-10-31/h3-6,15-16H,7-14,17H2,1-2H3,(H,26,28). The summed E-state index contributed by atoms with van der Waals surface area (Å²) in [4.78, 5) is 17.7. The molecule has 3 heterocycles. The molecule has 0 radical (unpaired) electrons. The molecule has 1 N–H and O–H groups in total. The number of pyridine rings is 1. The Morgan fingerprint density at radius 3 is 2.34 bits per heavy atom. The third-order valence-electron chi connectivity index (χ3n) is 6.13. The molecule has 2 saturated heterocycles. The van der Waals surface area contributed by atoms with E-state index in [9.17, 15) is 8.78 Å². The van der Waals surface area contributed by atoms with Gasteiger partial charge in [0.25, 0.3) is 0 Å². The van der Waals surface area contributed by atoms with E-state index in [0.29, 0.717) is 38.4 Å². The van der Waals surface area contributed by atoms with Gasteiger partial charge in [-0.25, -0.2) is 13.8 Å². The third-order valence-corrected chi connectivity index (χ3v) is 6.13. The van der Waals surface area contributed by atoms with Crippen molar-refractivity contribution >= 4 is 17.5 Å². The number of likely N-dealkylation sites (N-methyl/N-ethyl adjacent to an activating group) is 1. The van der Waals surface area contributed by atoms with Crippen LogP contribution in [0.15, 0.2) is 41.5 Å². The van der Waals surface area contributed by atoms with Crippen molar-refractivity contribution in [2.24, 2.45) is 4.99 Å². The number of anilines is 2. The quantitative estimate of drug-likeness (QED) is 0.576. The van der Waals surface area contributed by atoms with Crippen LogP contribution in [0.5, 0.6) is 0 Å². The van der Waals surface area contributed by atoms with Crippen LogP contribution in [0.25, 0.3) is 0 Å². The molecule has 0 aliphatic carbocycles. The number of hydrogen-bond acceptors (Lipinski definition) is 5. The summed E-state index contributed by atoms with van der Waals surface area (Å²) < 4.78 is 27.6. The van der Waals surface area contributed by atoms with Crippen molar-refractivity contribution in [3.8, 4) is 0 Å². The second-order valence-corrected chi connectivity index (χ2v) is 8.29. The Kier molecular flexibility index (Phi) is 7.04.